The van der Waals surface area contributed by atoms with Crippen LogP contribution in [0.4, 0.5) is 0 Å². The van der Waals surface area contributed by atoms with E-state index < -0.39 is 0 Å². The summed E-state index contributed by atoms with van der Waals surface area (Å²) in [5.74, 6) is 1.76. The summed E-state index contributed by atoms with van der Waals surface area (Å²) in [5, 5.41) is 0. The van der Waals surface area contributed by atoms with Crippen LogP contribution in [0, 0.1) is 6.92 Å². The van der Waals surface area contributed by atoms with Crippen molar-refractivity contribution >= 4 is 0 Å². The summed E-state index contributed by atoms with van der Waals surface area (Å²) in [7, 11) is 1.71. The highest BCUT2D eigenvalue weighted by Gasteiger charge is 2.22. The third-order valence-corrected chi connectivity index (χ3v) is 2.99. The SMILES string of the molecule is COc1c(-c2ncc(C)[nH]2)cccc1C(C)(C)C. The van der Waals surface area contributed by atoms with Crippen molar-refractivity contribution in [2.24, 2.45) is 0 Å². The van der Waals surface area contributed by atoms with E-state index in [4.69, 9.17) is 4.74 Å². The first kappa shape index (κ1) is 12.7. The number of methoxy groups -OCH3 is 1. The number of aromatic amines is 1. The van der Waals surface area contributed by atoms with Crippen molar-refractivity contribution in [3.8, 4) is 17.1 Å². The zero-order valence-electron chi connectivity index (χ0n) is 11.7. The average Bonchev–Trinajstić information content (AvgIpc) is 2.73. The van der Waals surface area contributed by atoms with E-state index in [-0.39, 0.29) is 5.41 Å². The first-order valence-corrected chi connectivity index (χ1v) is 6.13. The van der Waals surface area contributed by atoms with Gasteiger partial charge in [-0.05, 0) is 18.4 Å². The monoisotopic (exact) mass is 244 g/mol. The van der Waals surface area contributed by atoms with Crippen LogP contribution in [-0.2, 0) is 5.41 Å². The molecule has 0 radical (unpaired) electrons. The van der Waals surface area contributed by atoms with Gasteiger partial charge in [0.25, 0.3) is 0 Å². The molecular weight excluding hydrogens is 224 g/mol. The van der Waals surface area contributed by atoms with E-state index in [1.807, 2.05) is 19.2 Å². The molecule has 0 unspecified atom stereocenters. The Morgan fingerprint density at radius 2 is 1.94 bits per heavy atom. The molecule has 18 heavy (non-hydrogen) atoms. The first-order chi connectivity index (χ1) is 8.43. The Hall–Kier alpha value is -1.77. The standard InChI is InChI=1S/C15H20N2O/c1-10-9-16-14(17-10)11-7-6-8-12(13(11)18-5)15(2,3)4/h6-9H,1-5H3,(H,16,17). The predicted octanol–water partition coefficient (Wildman–Crippen LogP) is 3.69. The quantitative estimate of drug-likeness (QED) is 0.874. The maximum atomic E-state index is 5.61. The molecule has 1 N–H and O–H groups in total. The third-order valence-electron chi connectivity index (χ3n) is 2.99. The summed E-state index contributed by atoms with van der Waals surface area (Å²) < 4.78 is 5.61. The van der Waals surface area contributed by atoms with E-state index in [1.165, 1.54) is 5.56 Å². The summed E-state index contributed by atoms with van der Waals surface area (Å²) in [6.45, 7) is 8.54. The lowest BCUT2D eigenvalue weighted by molar-refractivity contribution is 0.399. The molecule has 0 aliphatic carbocycles. The van der Waals surface area contributed by atoms with Crippen LogP contribution < -0.4 is 4.74 Å². The average molecular weight is 244 g/mol. The van der Waals surface area contributed by atoms with Gasteiger partial charge in [-0.3, -0.25) is 0 Å². The minimum Gasteiger partial charge on any atom is -0.496 e. The van der Waals surface area contributed by atoms with Gasteiger partial charge >= 0.3 is 0 Å². The molecule has 0 fully saturated rings. The van der Waals surface area contributed by atoms with Gasteiger partial charge < -0.3 is 9.72 Å². The molecule has 1 aromatic heterocycles. The number of hydrogen-bond acceptors (Lipinski definition) is 2. The molecule has 0 bridgehead atoms. The number of H-pyrrole nitrogens is 1. The molecule has 0 amide bonds. The second kappa shape index (κ2) is 4.48. The van der Waals surface area contributed by atoms with Crippen molar-refractivity contribution < 1.29 is 4.74 Å². The number of nitrogens with one attached hydrogen (secondary N) is 1. The molecule has 0 saturated carbocycles. The van der Waals surface area contributed by atoms with E-state index in [0.29, 0.717) is 0 Å². The van der Waals surface area contributed by atoms with E-state index >= 15 is 0 Å². The van der Waals surface area contributed by atoms with Gasteiger partial charge in [0.15, 0.2) is 0 Å². The zero-order chi connectivity index (χ0) is 13.3. The molecule has 2 rings (SSSR count). The molecule has 3 heteroatoms. The maximum Gasteiger partial charge on any atom is 0.141 e. The van der Waals surface area contributed by atoms with Crippen molar-refractivity contribution in [2.45, 2.75) is 33.1 Å². The van der Waals surface area contributed by atoms with Crippen LogP contribution in [0.15, 0.2) is 24.4 Å². The minimum atomic E-state index is 0.0446. The zero-order valence-corrected chi connectivity index (χ0v) is 11.7. The van der Waals surface area contributed by atoms with Gasteiger partial charge in [-0.1, -0.05) is 32.9 Å². The molecule has 0 spiro atoms. The van der Waals surface area contributed by atoms with Crippen LogP contribution in [0.2, 0.25) is 0 Å². The molecule has 1 heterocycles. The minimum absolute atomic E-state index is 0.0446. The largest absolute Gasteiger partial charge is 0.496 e. The second-order valence-electron chi connectivity index (χ2n) is 5.55. The fourth-order valence-corrected chi connectivity index (χ4v) is 2.08. The van der Waals surface area contributed by atoms with Crippen molar-refractivity contribution in [3.05, 3.63) is 35.7 Å². The van der Waals surface area contributed by atoms with E-state index in [1.54, 1.807) is 7.11 Å². The van der Waals surface area contributed by atoms with Gasteiger partial charge in [0.2, 0.25) is 0 Å². The fourth-order valence-electron chi connectivity index (χ4n) is 2.08. The number of aryl methyl sites for hydroxylation is 1. The molecular formula is C15H20N2O. The molecule has 1 aromatic carbocycles. The Morgan fingerprint density at radius 1 is 1.22 bits per heavy atom. The lowest BCUT2D eigenvalue weighted by Gasteiger charge is -2.23. The second-order valence-corrected chi connectivity index (χ2v) is 5.55. The Labute approximate surface area is 108 Å². The third kappa shape index (κ3) is 2.26. The maximum absolute atomic E-state index is 5.61. The Balaban J connectivity index is 2.62. The lowest BCUT2D eigenvalue weighted by Crippen LogP contribution is -2.13. The summed E-state index contributed by atoms with van der Waals surface area (Å²) in [4.78, 5) is 7.64. The number of hydrogen-bond donors (Lipinski definition) is 1. The normalized spacial score (nSPS) is 11.6. The Kier molecular flexibility index (Phi) is 3.16. The lowest BCUT2D eigenvalue weighted by atomic mass is 9.85. The van der Waals surface area contributed by atoms with Crippen molar-refractivity contribution in [3.63, 3.8) is 0 Å². The topological polar surface area (TPSA) is 37.9 Å². The predicted molar refractivity (Wildman–Crippen MR) is 74.0 cm³/mol. The van der Waals surface area contributed by atoms with Crippen LogP contribution in [0.3, 0.4) is 0 Å². The molecule has 0 saturated heterocycles. The van der Waals surface area contributed by atoms with Gasteiger partial charge in [-0.2, -0.15) is 0 Å². The summed E-state index contributed by atoms with van der Waals surface area (Å²) in [6.07, 6.45) is 1.83. The molecule has 0 atom stereocenters. The van der Waals surface area contributed by atoms with Crippen molar-refractivity contribution in [2.75, 3.05) is 7.11 Å². The van der Waals surface area contributed by atoms with E-state index in [9.17, 15) is 0 Å². The highest BCUT2D eigenvalue weighted by molar-refractivity contribution is 5.67. The summed E-state index contributed by atoms with van der Waals surface area (Å²) >= 11 is 0. The van der Waals surface area contributed by atoms with Gasteiger partial charge in [0.1, 0.15) is 11.6 Å². The first-order valence-electron chi connectivity index (χ1n) is 6.13. The highest BCUT2D eigenvalue weighted by atomic mass is 16.5. The molecule has 0 aliphatic rings. The Bertz CT molecular complexity index is 550. The number of imidazole rings is 1. The van der Waals surface area contributed by atoms with Crippen LogP contribution in [-0.4, -0.2) is 17.1 Å². The highest BCUT2D eigenvalue weighted by Crippen LogP contribution is 2.37. The molecule has 96 valence electrons. The van der Waals surface area contributed by atoms with Crippen LogP contribution in [0.25, 0.3) is 11.4 Å². The van der Waals surface area contributed by atoms with Crippen LogP contribution in [0.1, 0.15) is 32.0 Å². The number of ether oxygens (including phenoxy) is 1. The molecule has 3 nitrogen and oxygen atoms in total. The van der Waals surface area contributed by atoms with Crippen molar-refractivity contribution in [1.82, 2.24) is 9.97 Å². The van der Waals surface area contributed by atoms with Crippen LogP contribution in [0.5, 0.6) is 5.75 Å². The molecule has 0 aliphatic heterocycles. The van der Waals surface area contributed by atoms with Crippen LogP contribution >= 0.6 is 0 Å². The number of rotatable bonds is 2. The number of para-hydroxylation sites is 1. The van der Waals surface area contributed by atoms with Crippen molar-refractivity contribution in [1.29, 1.82) is 0 Å². The number of aromatic nitrogens is 2. The van der Waals surface area contributed by atoms with Gasteiger partial charge in [0.05, 0.1) is 12.7 Å². The number of benzene rings is 1. The number of nitrogens with zero attached hydrogens (tertiary/aromatic N) is 1. The van der Waals surface area contributed by atoms with Gasteiger partial charge in [-0.25, -0.2) is 4.98 Å². The smallest absolute Gasteiger partial charge is 0.141 e. The summed E-state index contributed by atoms with van der Waals surface area (Å²) in [6, 6.07) is 6.20. The Morgan fingerprint density at radius 3 is 2.44 bits per heavy atom. The fraction of sp³-hybridized carbons (Fsp3) is 0.400. The van der Waals surface area contributed by atoms with E-state index in [0.717, 1.165) is 22.8 Å². The summed E-state index contributed by atoms with van der Waals surface area (Å²) in [5.41, 5.74) is 3.30. The molecule has 2 aromatic rings. The van der Waals surface area contributed by atoms with Gasteiger partial charge in [0, 0.05) is 17.5 Å². The van der Waals surface area contributed by atoms with Gasteiger partial charge in [-0.15, -0.1) is 0 Å². The van der Waals surface area contributed by atoms with E-state index in [2.05, 4.69) is 42.9 Å².